The second-order valence-electron chi connectivity index (χ2n) is 9.79. The van der Waals surface area contributed by atoms with E-state index in [1.165, 1.54) is 17.0 Å². The molecule has 3 aliphatic rings. The van der Waals surface area contributed by atoms with E-state index in [2.05, 4.69) is 0 Å². The molecule has 9 heteroatoms. The summed E-state index contributed by atoms with van der Waals surface area (Å²) >= 11 is 0. The summed E-state index contributed by atoms with van der Waals surface area (Å²) in [7, 11) is 0. The van der Waals surface area contributed by atoms with Crippen molar-refractivity contribution in [3.63, 3.8) is 0 Å². The molecule has 3 fully saturated rings. The summed E-state index contributed by atoms with van der Waals surface area (Å²) in [6.07, 6.45) is 5.02. The SMILES string of the molecule is CC1(C)[C@H]2CC[C@]1([C@@H]1CN(C(=O)C(=N)/C=C\C=O)CCO1)C(=N)/C2=C\C(=N)c1c(F)cccc1F. The average Bonchev–Trinajstić information content (AvgIpc) is 3.18. The molecular formula is C26H28F2N4O3. The topological polar surface area (TPSA) is 118 Å². The number of morpholine rings is 1. The highest BCUT2D eigenvalue weighted by Gasteiger charge is 2.68. The standard InChI is InChI=1S/C26H28F2N4O3/c1-25(2)16-8-9-26(25,21-14-32(10-12-35-21)24(34)19(29)7-4-11-33)23(31)15(16)13-20(30)22-17(27)5-3-6-18(22)28/h3-7,11,13,16,21,29-31H,8-10,12,14H2,1-2H3/b7-4-,15-13-,29-19?,30-20?,31-23?/t16-,21-,26-/m0/s1. The number of ether oxygens (including phenoxy) is 1. The van der Waals surface area contributed by atoms with Crippen LogP contribution in [0.2, 0.25) is 0 Å². The van der Waals surface area contributed by atoms with Crippen molar-refractivity contribution in [2.24, 2.45) is 16.7 Å². The highest BCUT2D eigenvalue weighted by atomic mass is 19.1. The van der Waals surface area contributed by atoms with Crippen LogP contribution in [-0.4, -0.2) is 60.0 Å². The van der Waals surface area contributed by atoms with E-state index in [4.69, 9.17) is 21.0 Å². The zero-order valence-electron chi connectivity index (χ0n) is 19.7. The van der Waals surface area contributed by atoms with Crippen LogP contribution in [0.4, 0.5) is 8.78 Å². The fourth-order valence-corrected chi connectivity index (χ4v) is 6.19. The van der Waals surface area contributed by atoms with Crippen LogP contribution < -0.4 is 0 Å². The quantitative estimate of drug-likeness (QED) is 0.326. The van der Waals surface area contributed by atoms with Crippen molar-refractivity contribution >= 4 is 29.3 Å². The van der Waals surface area contributed by atoms with Crippen LogP contribution in [0.5, 0.6) is 0 Å². The molecule has 2 aliphatic carbocycles. The number of halogens is 2. The molecule has 7 nitrogen and oxygen atoms in total. The Bertz CT molecular complexity index is 1170. The fourth-order valence-electron chi connectivity index (χ4n) is 6.19. The lowest BCUT2D eigenvalue weighted by molar-refractivity contribution is -0.139. The van der Waals surface area contributed by atoms with E-state index in [0.29, 0.717) is 24.8 Å². The van der Waals surface area contributed by atoms with E-state index in [-0.39, 0.29) is 36.2 Å². The number of nitrogens with one attached hydrogen (secondary N) is 3. The molecule has 0 aromatic heterocycles. The highest BCUT2D eigenvalue weighted by Crippen LogP contribution is 2.68. The molecule has 1 saturated heterocycles. The van der Waals surface area contributed by atoms with Crippen LogP contribution in [0.15, 0.2) is 42.0 Å². The first kappa shape index (κ1) is 24.8. The molecule has 0 spiro atoms. The Kier molecular flexibility index (Phi) is 6.40. The largest absolute Gasteiger partial charge is 0.374 e. The molecule has 1 aliphatic heterocycles. The van der Waals surface area contributed by atoms with E-state index in [1.807, 2.05) is 13.8 Å². The number of benzene rings is 1. The van der Waals surface area contributed by atoms with Gasteiger partial charge in [-0.3, -0.25) is 15.0 Å². The van der Waals surface area contributed by atoms with Crippen LogP contribution in [0.3, 0.4) is 0 Å². The summed E-state index contributed by atoms with van der Waals surface area (Å²) in [4.78, 5) is 24.8. The highest BCUT2D eigenvalue weighted by molar-refractivity contribution is 6.42. The second kappa shape index (κ2) is 9.03. The van der Waals surface area contributed by atoms with Crippen LogP contribution in [-0.2, 0) is 14.3 Å². The van der Waals surface area contributed by atoms with Crippen molar-refractivity contribution in [1.82, 2.24) is 4.90 Å². The monoisotopic (exact) mass is 482 g/mol. The van der Waals surface area contributed by atoms with E-state index in [9.17, 15) is 18.4 Å². The molecule has 1 amide bonds. The molecule has 4 rings (SSSR count). The van der Waals surface area contributed by atoms with Gasteiger partial charge in [-0.25, -0.2) is 8.78 Å². The van der Waals surface area contributed by atoms with Crippen LogP contribution in [0.1, 0.15) is 32.3 Å². The minimum atomic E-state index is -0.827. The van der Waals surface area contributed by atoms with Crippen LogP contribution >= 0.6 is 0 Å². The normalized spacial score (nSPS) is 28.6. The summed E-state index contributed by atoms with van der Waals surface area (Å²) < 4.78 is 34.7. The maximum atomic E-state index is 14.3. The van der Waals surface area contributed by atoms with Crippen molar-refractivity contribution in [2.45, 2.75) is 32.8 Å². The molecule has 0 radical (unpaired) electrons. The van der Waals surface area contributed by atoms with Gasteiger partial charge in [0, 0.05) is 24.2 Å². The van der Waals surface area contributed by atoms with Gasteiger partial charge in [-0.05, 0) is 60.1 Å². The first-order valence-electron chi connectivity index (χ1n) is 11.5. The average molecular weight is 483 g/mol. The third kappa shape index (κ3) is 3.78. The lowest BCUT2D eigenvalue weighted by Crippen LogP contribution is -2.57. The van der Waals surface area contributed by atoms with Gasteiger partial charge >= 0.3 is 0 Å². The van der Waals surface area contributed by atoms with Gasteiger partial charge in [0.25, 0.3) is 5.91 Å². The predicted molar refractivity (Wildman–Crippen MR) is 127 cm³/mol. The lowest BCUT2D eigenvalue weighted by Gasteiger charge is -2.47. The van der Waals surface area contributed by atoms with E-state index < -0.39 is 40.0 Å². The number of carbonyl (C=O) groups excluding carboxylic acids is 2. The van der Waals surface area contributed by atoms with Crippen molar-refractivity contribution in [1.29, 1.82) is 16.2 Å². The molecule has 1 heterocycles. The van der Waals surface area contributed by atoms with Gasteiger partial charge in [-0.1, -0.05) is 19.9 Å². The Labute approximate surface area is 202 Å². The van der Waals surface area contributed by atoms with Gasteiger partial charge in [0.15, 0.2) is 0 Å². The first-order valence-corrected chi connectivity index (χ1v) is 11.5. The number of hydrogen-bond donors (Lipinski definition) is 3. The fraction of sp³-hybridized carbons (Fsp3) is 0.423. The Hall–Kier alpha value is -3.33. The molecule has 1 aromatic carbocycles. The number of fused-ring (bicyclic) bond motifs is 2. The molecule has 184 valence electrons. The van der Waals surface area contributed by atoms with E-state index >= 15 is 0 Å². The third-order valence-electron chi connectivity index (χ3n) is 7.97. The van der Waals surface area contributed by atoms with Crippen molar-refractivity contribution in [3.8, 4) is 0 Å². The molecule has 35 heavy (non-hydrogen) atoms. The smallest absolute Gasteiger partial charge is 0.271 e. The molecular weight excluding hydrogens is 454 g/mol. The van der Waals surface area contributed by atoms with Crippen molar-refractivity contribution in [2.75, 3.05) is 19.7 Å². The van der Waals surface area contributed by atoms with E-state index in [1.54, 1.807) is 0 Å². The number of carbonyl (C=O) groups is 2. The van der Waals surface area contributed by atoms with Gasteiger partial charge in [-0.2, -0.15) is 0 Å². The van der Waals surface area contributed by atoms with Gasteiger partial charge < -0.3 is 20.5 Å². The maximum Gasteiger partial charge on any atom is 0.271 e. The Balaban J connectivity index is 1.65. The Morgan fingerprint density at radius 3 is 2.57 bits per heavy atom. The Morgan fingerprint density at radius 2 is 1.91 bits per heavy atom. The Morgan fingerprint density at radius 1 is 1.23 bits per heavy atom. The maximum absolute atomic E-state index is 14.3. The molecule has 0 unspecified atom stereocenters. The van der Waals surface area contributed by atoms with Crippen molar-refractivity contribution < 1.29 is 23.1 Å². The number of rotatable bonds is 6. The molecule has 2 saturated carbocycles. The summed E-state index contributed by atoms with van der Waals surface area (Å²) in [5.41, 5.74) is -1.41. The van der Waals surface area contributed by atoms with Gasteiger partial charge in [0.1, 0.15) is 23.6 Å². The lowest BCUT2D eigenvalue weighted by atomic mass is 9.64. The van der Waals surface area contributed by atoms with Gasteiger partial charge in [0.2, 0.25) is 0 Å². The number of allylic oxidation sites excluding steroid dienone is 3. The summed E-state index contributed by atoms with van der Waals surface area (Å²) in [5, 5.41) is 25.4. The second-order valence-corrected chi connectivity index (χ2v) is 9.79. The van der Waals surface area contributed by atoms with Crippen LogP contribution in [0.25, 0.3) is 0 Å². The zero-order valence-corrected chi connectivity index (χ0v) is 19.7. The van der Waals surface area contributed by atoms with Gasteiger partial charge in [-0.15, -0.1) is 0 Å². The molecule has 1 aromatic rings. The van der Waals surface area contributed by atoms with E-state index in [0.717, 1.165) is 30.7 Å². The summed E-state index contributed by atoms with van der Waals surface area (Å²) in [5.74, 6) is -2.27. The molecule has 2 bridgehead atoms. The minimum absolute atomic E-state index is 0.103. The summed E-state index contributed by atoms with van der Waals surface area (Å²) in [6.45, 7) is 4.78. The van der Waals surface area contributed by atoms with Crippen molar-refractivity contribution in [3.05, 3.63) is 59.2 Å². The number of amides is 1. The van der Waals surface area contributed by atoms with Crippen LogP contribution in [0, 0.1) is 44.6 Å². The van der Waals surface area contributed by atoms with Gasteiger partial charge in [0.05, 0.1) is 24.0 Å². The number of hydrogen-bond acceptors (Lipinski definition) is 6. The predicted octanol–water partition coefficient (Wildman–Crippen LogP) is 3.72. The number of nitrogens with zero attached hydrogens (tertiary/aromatic N) is 1. The minimum Gasteiger partial charge on any atom is -0.374 e. The molecule has 3 N–H and O–H groups in total. The third-order valence-corrected chi connectivity index (χ3v) is 7.97. The number of aldehydes is 1. The molecule has 3 atom stereocenters. The first-order chi connectivity index (χ1) is 16.6. The summed E-state index contributed by atoms with van der Waals surface area (Å²) in [6, 6.07) is 3.45. The zero-order chi connectivity index (χ0) is 25.5.